The molecule has 1 rings (SSSR count). The van der Waals surface area contributed by atoms with Gasteiger partial charge in [0.15, 0.2) is 5.76 Å². The Morgan fingerprint density at radius 3 is 2.91 bits per heavy atom. The summed E-state index contributed by atoms with van der Waals surface area (Å²) >= 11 is 0. The van der Waals surface area contributed by atoms with Crippen molar-refractivity contribution in [1.82, 2.24) is 5.32 Å². The molecule has 1 atom stereocenters. The third-order valence-electron chi connectivity index (χ3n) is 2.20. The molecule has 2 N–H and O–H groups in total. The van der Waals surface area contributed by atoms with Crippen molar-refractivity contribution < 1.29 is 9.90 Å². The van der Waals surface area contributed by atoms with Gasteiger partial charge < -0.3 is 10.4 Å². The van der Waals surface area contributed by atoms with Gasteiger partial charge in [0, 0.05) is 12.5 Å². The van der Waals surface area contributed by atoms with E-state index in [-0.39, 0.29) is 11.7 Å². The van der Waals surface area contributed by atoms with Crippen LogP contribution in [0, 0.1) is 5.92 Å². The maximum absolute atomic E-state index is 10.8. The standard InChI is InChI=1S/C8H13NO2/c1-3-6-4-9-8(11)7(10)5(6)2/h6,10H,3-4H2,1-2H3,(H,9,11). The molecule has 0 aromatic heterocycles. The molecule has 0 aliphatic carbocycles. The number of nitrogens with one attached hydrogen (secondary N) is 1. The zero-order chi connectivity index (χ0) is 8.43. The van der Waals surface area contributed by atoms with Gasteiger partial charge in [-0.2, -0.15) is 0 Å². The van der Waals surface area contributed by atoms with Crippen LogP contribution in [0.15, 0.2) is 11.3 Å². The molecule has 3 nitrogen and oxygen atoms in total. The molecule has 0 saturated heterocycles. The van der Waals surface area contributed by atoms with Gasteiger partial charge in [0.1, 0.15) is 0 Å². The lowest BCUT2D eigenvalue weighted by atomic mass is 9.94. The van der Waals surface area contributed by atoms with E-state index in [1.54, 1.807) is 0 Å². The van der Waals surface area contributed by atoms with E-state index >= 15 is 0 Å². The van der Waals surface area contributed by atoms with E-state index in [0.29, 0.717) is 12.5 Å². The fourth-order valence-corrected chi connectivity index (χ4v) is 1.28. The third-order valence-corrected chi connectivity index (χ3v) is 2.20. The van der Waals surface area contributed by atoms with Crippen molar-refractivity contribution in [3.63, 3.8) is 0 Å². The van der Waals surface area contributed by atoms with E-state index in [2.05, 4.69) is 5.32 Å². The van der Waals surface area contributed by atoms with Crippen LogP contribution in [0.5, 0.6) is 0 Å². The Bertz CT molecular complexity index is 208. The fraction of sp³-hybridized carbons (Fsp3) is 0.625. The highest BCUT2D eigenvalue weighted by Crippen LogP contribution is 2.19. The predicted molar refractivity (Wildman–Crippen MR) is 42.1 cm³/mol. The second-order valence-corrected chi connectivity index (χ2v) is 2.85. The Morgan fingerprint density at radius 1 is 1.73 bits per heavy atom. The van der Waals surface area contributed by atoms with Gasteiger partial charge in [0.05, 0.1) is 0 Å². The topological polar surface area (TPSA) is 49.3 Å². The zero-order valence-electron chi connectivity index (χ0n) is 6.85. The average Bonchev–Trinajstić information content (AvgIpc) is 2.01. The Balaban J connectivity index is 2.87. The summed E-state index contributed by atoms with van der Waals surface area (Å²) in [6, 6.07) is 0. The number of rotatable bonds is 1. The zero-order valence-corrected chi connectivity index (χ0v) is 6.85. The van der Waals surface area contributed by atoms with Crippen LogP contribution in [0.1, 0.15) is 20.3 Å². The van der Waals surface area contributed by atoms with E-state index in [1.807, 2.05) is 13.8 Å². The van der Waals surface area contributed by atoms with Crippen molar-refractivity contribution in [2.24, 2.45) is 5.92 Å². The third kappa shape index (κ3) is 1.37. The molecule has 1 aliphatic heterocycles. The molecule has 11 heavy (non-hydrogen) atoms. The first-order valence-electron chi connectivity index (χ1n) is 3.84. The molecule has 62 valence electrons. The first kappa shape index (κ1) is 8.11. The quantitative estimate of drug-likeness (QED) is 0.593. The van der Waals surface area contributed by atoms with Crippen LogP contribution in [0.25, 0.3) is 0 Å². The molecular weight excluding hydrogens is 142 g/mol. The number of aliphatic hydroxyl groups is 1. The monoisotopic (exact) mass is 155 g/mol. The summed E-state index contributed by atoms with van der Waals surface area (Å²) in [4.78, 5) is 10.8. The van der Waals surface area contributed by atoms with Gasteiger partial charge in [-0.3, -0.25) is 4.79 Å². The Hall–Kier alpha value is -0.990. The molecule has 0 fully saturated rings. The Labute approximate surface area is 66.1 Å². The summed E-state index contributed by atoms with van der Waals surface area (Å²) in [5.41, 5.74) is 0.816. The molecule has 0 radical (unpaired) electrons. The number of amides is 1. The minimum atomic E-state index is -0.341. The largest absolute Gasteiger partial charge is 0.503 e. The summed E-state index contributed by atoms with van der Waals surface area (Å²) in [6.45, 7) is 4.51. The molecular formula is C8H13NO2. The summed E-state index contributed by atoms with van der Waals surface area (Å²) in [5, 5.41) is 11.8. The molecule has 0 aromatic rings. The van der Waals surface area contributed by atoms with Crippen LogP contribution in [0.4, 0.5) is 0 Å². The highest BCUT2D eigenvalue weighted by atomic mass is 16.3. The predicted octanol–water partition coefficient (Wildman–Crippen LogP) is 0.974. The average molecular weight is 155 g/mol. The van der Waals surface area contributed by atoms with Crippen molar-refractivity contribution >= 4 is 5.91 Å². The number of carbonyl (C=O) groups is 1. The molecule has 1 heterocycles. The van der Waals surface area contributed by atoms with Crippen LogP contribution >= 0.6 is 0 Å². The molecule has 0 saturated carbocycles. The number of aliphatic hydroxyl groups excluding tert-OH is 1. The van der Waals surface area contributed by atoms with Gasteiger partial charge in [-0.05, 0) is 18.9 Å². The minimum absolute atomic E-state index is 0.0944. The van der Waals surface area contributed by atoms with E-state index < -0.39 is 0 Å². The SMILES string of the molecule is CCC1CNC(=O)C(O)=C1C. The van der Waals surface area contributed by atoms with Crippen molar-refractivity contribution in [2.75, 3.05) is 6.54 Å². The summed E-state index contributed by atoms with van der Waals surface area (Å²) in [5.74, 6) is -0.122. The van der Waals surface area contributed by atoms with Crippen molar-refractivity contribution in [3.05, 3.63) is 11.3 Å². The Kier molecular flexibility index (Phi) is 2.17. The van der Waals surface area contributed by atoms with Crippen LogP contribution in [0.3, 0.4) is 0 Å². The minimum Gasteiger partial charge on any atom is -0.503 e. The fourth-order valence-electron chi connectivity index (χ4n) is 1.28. The van der Waals surface area contributed by atoms with Gasteiger partial charge in [0.2, 0.25) is 0 Å². The van der Waals surface area contributed by atoms with Crippen LogP contribution < -0.4 is 5.32 Å². The van der Waals surface area contributed by atoms with E-state index in [4.69, 9.17) is 0 Å². The smallest absolute Gasteiger partial charge is 0.286 e. The van der Waals surface area contributed by atoms with Gasteiger partial charge in [0.25, 0.3) is 5.91 Å². The molecule has 0 spiro atoms. The normalized spacial score (nSPS) is 25.3. The van der Waals surface area contributed by atoms with E-state index in [9.17, 15) is 9.90 Å². The molecule has 1 unspecified atom stereocenters. The Morgan fingerprint density at radius 2 is 2.36 bits per heavy atom. The first-order chi connectivity index (χ1) is 5.16. The van der Waals surface area contributed by atoms with Gasteiger partial charge in [-0.25, -0.2) is 0 Å². The lowest BCUT2D eigenvalue weighted by Crippen LogP contribution is -2.36. The van der Waals surface area contributed by atoms with Crippen LogP contribution in [-0.4, -0.2) is 17.6 Å². The lowest BCUT2D eigenvalue weighted by Gasteiger charge is -2.22. The molecule has 0 bridgehead atoms. The van der Waals surface area contributed by atoms with Gasteiger partial charge in [-0.15, -0.1) is 0 Å². The second-order valence-electron chi connectivity index (χ2n) is 2.85. The van der Waals surface area contributed by atoms with Crippen molar-refractivity contribution in [2.45, 2.75) is 20.3 Å². The summed E-state index contributed by atoms with van der Waals surface area (Å²) < 4.78 is 0. The van der Waals surface area contributed by atoms with Crippen molar-refractivity contribution in [1.29, 1.82) is 0 Å². The number of hydrogen-bond acceptors (Lipinski definition) is 2. The maximum atomic E-state index is 10.8. The molecule has 1 amide bonds. The first-order valence-corrected chi connectivity index (χ1v) is 3.84. The van der Waals surface area contributed by atoms with Gasteiger partial charge in [-0.1, -0.05) is 6.92 Å². The number of carbonyl (C=O) groups excluding carboxylic acids is 1. The summed E-state index contributed by atoms with van der Waals surface area (Å²) in [6.07, 6.45) is 0.955. The van der Waals surface area contributed by atoms with E-state index in [0.717, 1.165) is 12.0 Å². The molecule has 1 aliphatic rings. The highest BCUT2D eigenvalue weighted by molar-refractivity contribution is 5.92. The lowest BCUT2D eigenvalue weighted by molar-refractivity contribution is -0.120. The van der Waals surface area contributed by atoms with E-state index in [1.165, 1.54) is 0 Å². The van der Waals surface area contributed by atoms with Crippen LogP contribution in [-0.2, 0) is 4.79 Å². The van der Waals surface area contributed by atoms with Crippen molar-refractivity contribution in [3.8, 4) is 0 Å². The molecule has 3 heteroatoms. The summed E-state index contributed by atoms with van der Waals surface area (Å²) in [7, 11) is 0. The van der Waals surface area contributed by atoms with Gasteiger partial charge >= 0.3 is 0 Å². The number of hydrogen-bond donors (Lipinski definition) is 2. The molecule has 0 aromatic carbocycles. The van der Waals surface area contributed by atoms with Crippen LogP contribution in [0.2, 0.25) is 0 Å². The highest BCUT2D eigenvalue weighted by Gasteiger charge is 2.23. The second kappa shape index (κ2) is 2.95. The maximum Gasteiger partial charge on any atom is 0.286 e.